The molecule has 1 aliphatic rings. The molecule has 8 heavy (non-hydrogen) atoms. The number of carbonyl (C=O) groups is 1. The van der Waals surface area contributed by atoms with Crippen LogP contribution in [0, 0.1) is 0 Å². The third kappa shape index (κ3) is 0.793. The number of aliphatic hydroxyl groups excluding tert-OH is 1. The molecule has 1 aliphatic carbocycles. The average molecular weight is 112 g/mol. The fourth-order valence-corrected chi connectivity index (χ4v) is 0.761. The van der Waals surface area contributed by atoms with E-state index in [1.165, 1.54) is 6.08 Å². The summed E-state index contributed by atoms with van der Waals surface area (Å²) in [7, 11) is 0. The van der Waals surface area contributed by atoms with Crippen molar-refractivity contribution in [3.8, 4) is 0 Å². The number of hydrogen-bond acceptors (Lipinski definition) is 2. The first-order valence-corrected chi connectivity index (χ1v) is 2.59. The quantitative estimate of drug-likeness (QED) is 0.488. The molecule has 1 rings (SSSR count). The molecule has 0 heterocycles. The van der Waals surface area contributed by atoms with E-state index in [-0.39, 0.29) is 12.2 Å². The Morgan fingerprint density at radius 3 is 2.62 bits per heavy atom. The molecule has 0 aromatic rings. The Balaban J connectivity index is 2.73. The SMILES string of the molecule is CC1=CC(=O)C[C@@H]1O. The third-order valence-corrected chi connectivity index (χ3v) is 1.31. The smallest absolute Gasteiger partial charge is 0.158 e. The number of ketones is 1. The standard InChI is InChI=1S/C6H8O2/c1-4-2-5(7)3-6(4)8/h2,6,8H,3H2,1H3/t6-/m0/s1. The maximum atomic E-state index is 10.4. The van der Waals surface area contributed by atoms with Crippen LogP contribution in [0.1, 0.15) is 13.3 Å². The fourth-order valence-electron chi connectivity index (χ4n) is 0.761. The molecule has 1 N–H and O–H groups in total. The van der Waals surface area contributed by atoms with E-state index in [1.807, 2.05) is 0 Å². The number of allylic oxidation sites excluding steroid dienone is 1. The van der Waals surface area contributed by atoms with Crippen molar-refractivity contribution in [1.29, 1.82) is 0 Å². The molecular formula is C6H8O2. The Hall–Kier alpha value is -0.630. The van der Waals surface area contributed by atoms with Crippen molar-refractivity contribution in [3.05, 3.63) is 11.6 Å². The number of aliphatic hydroxyl groups is 1. The van der Waals surface area contributed by atoms with Crippen molar-refractivity contribution >= 4 is 5.78 Å². The Bertz CT molecular complexity index is 147. The lowest BCUT2D eigenvalue weighted by atomic mass is 10.2. The molecule has 0 saturated carbocycles. The second-order valence-corrected chi connectivity index (χ2v) is 2.07. The molecule has 1 atom stereocenters. The molecule has 0 unspecified atom stereocenters. The van der Waals surface area contributed by atoms with Crippen molar-refractivity contribution in [3.63, 3.8) is 0 Å². The first-order chi connectivity index (χ1) is 3.70. The van der Waals surface area contributed by atoms with Crippen molar-refractivity contribution < 1.29 is 9.90 Å². The highest BCUT2D eigenvalue weighted by Gasteiger charge is 2.17. The zero-order valence-corrected chi connectivity index (χ0v) is 4.72. The van der Waals surface area contributed by atoms with Gasteiger partial charge in [0.1, 0.15) is 0 Å². The van der Waals surface area contributed by atoms with Crippen LogP contribution in [0.4, 0.5) is 0 Å². The lowest BCUT2D eigenvalue weighted by Gasteiger charge is -1.97. The van der Waals surface area contributed by atoms with E-state index in [9.17, 15) is 4.79 Å². The van der Waals surface area contributed by atoms with E-state index in [0.717, 1.165) is 5.57 Å². The summed E-state index contributed by atoms with van der Waals surface area (Å²) in [6.45, 7) is 1.76. The molecule has 0 aromatic carbocycles. The van der Waals surface area contributed by atoms with Crippen molar-refractivity contribution in [1.82, 2.24) is 0 Å². The topological polar surface area (TPSA) is 37.3 Å². The highest BCUT2D eigenvalue weighted by atomic mass is 16.3. The molecule has 2 nitrogen and oxygen atoms in total. The summed E-state index contributed by atoms with van der Waals surface area (Å²) in [6.07, 6.45) is 1.28. The monoisotopic (exact) mass is 112 g/mol. The Morgan fingerprint density at radius 1 is 1.88 bits per heavy atom. The number of rotatable bonds is 0. The van der Waals surface area contributed by atoms with Crippen LogP contribution in [0.3, 0.4) is 0 Å². The van der Waals surface area contributed by atoms with E-state index < -0.39 is 6.10 Å². The summed E-state index contributed by atoms with van der Waals surface area (Å²) in [5, 5.41) is 8.88. The largest absolute Gasteiger partial charge is 0.388 e. The zero-order chi connectivity index (χ0) is 6.15. The summed E-state index contributed by atoms with van der Waals surface area (Å²) in [4.78, 5) is 10.4. The van der Waals surface area contributed by atoms with Crippen molar-refractivity contribution in [2.45, 2.75) is 19.4 Å². The van der Waals surface area contributed by atoms with Crippen LogP contribution in [0.2, 0.25) is 0 Å². The molecule has 0 spiro atoms. The summed E-state index contributed by atoms with van der Waals surface area (Å²) in [5.74, 6) is 0.0370. The Kier molecular flexibility index (Phi) is 1.18. The van der Waals surface area contributed by atoms with Gasteiger partial charge in [-0.1, -0.05) is 0 Å². The van der Waals surface area contributed by atoms with Gasteiger partial charge >= 0.3 is 0 Å². The number of carbonyl (C=O) groups excluding carboxylic acids is 1. The van der Waals surface area contributed by atoms with Gasteiger partial charge in [-0.2, -0.15) is 0 Å². The van der Waals surface area contributed by atoms with Gasteiger partial charge in [0.15, 0.2) is 5.78 Å². The van der Waals surface area contributed by atoms with Crippen LogP contribution in [-0.4, -0.2) is 17.0 Å². The predicted molar refractivity (Wildman–Crippen MR) is 29.4 cm³/mol. The second kappa shape index (κ2) is 1.71. The van der Waals surface area contributed by atoms with Crippen LogP contribution in [0.15, 0.2) is 11.6 Å². The van der Waals surface area contributed by atoms with Gasteiger partial charge in [-0.3, -0.25) is 4.79 Å². The van der Waals surface area contributed by atoms with Crippen molar-refractivity contribution in [2.24, 2.45) is 0 Å². The zero-order valence-electron chi connectivity index (χ0n) is 4.72. The van der Waals surface area contributed by atoms with Gasteiger partial charge in [-0.05, 0) is 18.6 Å². The van der Waals surface area contributed by atoms with Crippen LogP contribution in [0.25, 0.3) is 0 Å². The normalized spacial score (nSPS) is 28.5. The van der Waals surface area contributed by atoms with Crippen molar-refractivity contribution in [2.75, 3.05) is 0 Å². The summed E-state index contributed by atoms with van der Waals surface area (Å²) in [6, 6.07) is 0. The van der Waals surface area contributed by atoms with E-state index >= 15 is 0 Å². The van der Waals surface area contributed by atoms with Gasteiger partial charge < -0.3 is 5.11 Å². The molecule has 0 aromatic heterocycles. The van der Waals surface area contributed by atoms with Gasteiger partial charge in [0.25, 0.3) is 0 Å². The molecule has 2 heteroatoms. The lowest BCUT2D eigenvalue weighted by molar-refractivity contribution is -0.114. The van der Waals surface area contributed by atoms with Gasteiger partial charge in [0, 0.05) is 6.42 Å². The van der Waals surface area contributed by atoms with Gasteiger partial charge in [-0.15, -0.1) is 0 Å². The van der Waals surface area contributed by atoms with Gasteiger partial charge in [-0.25, -0.2) is 0 Å². The molecule has 0 fully saturated rings. The Morgan fingerprint density at radius 2 is 2.50 bits per heavy atom. The summed E-state index contributed by atoms with van der Waals surface area (Å²) < 4.78 is 0. The van der Waals surface area contributed by atoms with Crippen LogP contribution in [-0.2, 0) is 4.79 Å². The minimum Gasteiger partial charge on any atom is -0.388 e. The molecule has 0 radical (unpaired) electrons. The lowest BCUT2D eigenvalue weighted by Crippen LogP contribution is -2.03. The average Bonchev–Trinajstić information content (AvgIpc) is 1.85. The van der Waals surface area contributed by atoms with Gasteiger partial charge in [0.05, 0.1) is 6.10 Å². The van der Waals surface area contributed by atoms with Crippen LogP contribution in [0.5, 0.6) is 0 Å². The molecule has 0 bridgehead atoms. The molecule has 0 amide bonds. The highest BCUT2D eigenvalue weighted by molar-refractivity contribution is 5.93. The maximum absolute atomic E-state index is 10.4. The second-order valence-electron chi connectivity index (χ2n) is 2.07. The fraction of sp³-hybridized carbons (Fsp3) is 0.500. The minimum atomic E-state index is -0.498. The third-order valence-electron chi connectivity index (χ3n) is 1.31. The van der Waals surface area contributed by atoms with E-state index in [0.29, 0.717) is 0 Å². The number of hydrogen-bond donors (Lipinski definition) is 1. The van der Waals surface area contributed by atoms with E-state index in [1.54, 1.807) is 6.92 Å². The maximum Gasteiger partial charge on any atom is 0.158 e. The Labute approximate surface area is 47.8 Å². The van der Waals surface area contributed by atoms with E-state index in [2.05, 4.69) is 0 Å². The molecule has 0 saturated heterocycles. The first-order valence-electron chi connectivity index (χ1n) is 2.59. The van der Waals surface area contributed by atoms with Crippen LogP contribution >= 0.6 is 0 Å². The minimum absolute atomic E-state index is 0.0370. The summed E-state index contributed by atoms with van der Waals surface area (Å²) in [5.41, 5.74) is 0.787. The molecule has 0 aliphatic heterocycles. The van der Waals surface area contributed by atoms with Crippen LogP contribution < -0.4 is 0 Å². The van der Waals surface area contributed by atoms with E-state index in [4.69, 9.17) is 5.11 Å². The summed E-state index contributed by atoms with van der Waals surface area (Å²) >= 11 is 0. The predicted octanol–water partition coefficient (Wildman–Crippen LogP) is 0.266. The molecule has 44 valence electrons. The highest BCUT2D eigenvalue weighted by Crippen LogP contribution is 2.13. The van der Waals surface area contributed by atoms with Gasteiger partial charge in [0.2, 0.25) is 0 Å². The first kappa shape index (κ1) is 5.51. The molecular weight excluding hydrogens is 104 g/mol.